The molecule has 2 aromatic rings. The Morgan fingerprint density at radius 1 is 1.29 bits per heavy atom. The molecule has 0 amide bonds. The minimum absolute atomic E-state index is 0.129. The molecule has 0 unspecified atom stereocenters. The molecule has 0 bridgehead atoms. The Balaban J connectivity index is 2.19. The number of carbonyl (C=O) groups is 2. The number of furan rings is 1. The van der Waals surface area contributed by atoms with Crippen LogP contribution in [-0.2, 0) is 0 Å². The molecule has 0 saturated heterocycles. The number of hydrogen-bond acceptors (Lipinski definition) is 6. The number of Topliss-reactive ketones (excluding diaryl/α,β-unsaturated/α-hetero) is 1. The highest BCUT2D eigenvalue weighted by atomic mass is 79.9. The Bertz CT molecular complexity index is 736. The topological polar surface area (TPSA) is 99.7 Å². The average molecular weight is 354 g/mol. The van der Waals surface area contributed by atoms with Crippen molar-refractivity contribution in [3.05, 3.63) is 56.2 Å². The van der Waals surface area contributed by atoms with E-state index in [9.17, 15) is 19.7 Å². The summed E-state index contributed by atoms with van der Waals surface area (Å²) in [7, 11) is 0. The second-order valence-corrected chi connectivity index (χ2v) is 4.84. The van der Waals surface area contributed by atoms with Gasteiger partial charge in [0.25, 0.3) is 0 Å². The van der Waals surface area contributed by atoms with E-state index >= 15 is 0 Å². The van der Waals surface area contributed by atoms with Crippen LogP contribution < -0.4 is 4.74 Å². The van der Waals surface area contributed by atoms with Crippen LogP contribution in [-0.4, -0.2) is 16.7 Å². The summed E-state index contributed by atoms with van der Waals surface area (Å²) in [5.74, 6) is -1.67. The molecule has 0 radical (unpaired) electrons. The predicted octanol–water partition coefficient (Wildman–Crippen LogP) is 3.37. The summed E-state index contributed by atoms with van der Waals surface area (Å²) in [4.78, 5) is 32.7. The minimum atomic E-state index is -0.876. The van der Waals surface area contributed by atoms with Crippen LogP contribution in [0.15, 0.2) is 39.2 Å². The molecule has 0 spiro atoms. The highest BCUT2D eigenvalue weighted by molar-refractivity contribution is 9.10. The van der Waals surface area contributed by atoms with Gasteiger partial charge in [0.05, 0.1) is 10.5 Å². The molecule has 1 aromatic carbocycles. The van der Waals surface area contributed by atoms with Crippen molar-refractivity contribution >= 4 is 33.6 Å². The fraction of sp³-hybridized carbons (Fsp3) is 0.0769. The molecular formula is C13H8BrNO6. The quantitative estimate of drug-likeness (QED) is 0.274. The highest BCUT2D eigenvalue weighted by Crippen LogP contribution is 2.27. The Morgan fingerprint density at radius 2 is 2.00 bits per heavy atom. The zero-order valence-corrected chi connectivity index (χ0v) is 12.2. The van der Waals surface area contributed by atoms with Crippen LogP contribution in [0.3, 0.4) is 0 Å². The van der Waals surface area contributed by atoms with Crippen molar-refractivity contribution in [2.45, 2.75) is 6.92 Å². The van der Waals surface area contributed by atoms with Crippen LogP contribution in [0.4, 0.5) is 5.88 Å². The van der Waals surface area contributed by atoms with Gasteiger partial charge in [-0.2, -0.15) is 0 Å². The number of nitro groups is 1. The second kappa shape index (κ2) is 5.88. The van der Waals surface area contributed by atoms with Crippen molar-refractivity contribution in [2.24, 2.45) is 0 Å². The maximum atomic E-state index is 11.8. The van der Waals surface area contributed by atoms with Crippen LogP contribution in [0.25, 0.3) is 0 Å². The van der Waals surface area contributed by atoms with Crippen molar-refractivity contribution in [3.63, 3.8) is 0 Å². The molecule has 21 heavy (non-hydrogen) atoms. The van der Waals surface area contributed by atoms with Crippen LogP contribution in [0.1, 0.15) is 27.8 Å². The van der Waals surface area contributed by atoms with Crippen molar-refractivity contribution < 1.29 is 23.7 Å². The van der Waals surface area contributed by atoms with Gasteiger partial charge in [-0.25, -0.2) is 4.79 Å². The zero-order valence-electron chi connectivity index (χ0n) is 10.7. The summed E-state index contributed by atoms with van der Waals surface area (Å²) in [6.07, 6.45) is 0. The number of ketones is 1. The molecule has 108 valence electrons. The van der Waals surface area contributed by atoms with Gasteiger partial charge in [0, 0.05) is 5.56 Å². The molecule has 0 aliphatic carbocycles. The molecular weight excluding hydrogens is 346 g/mol. The maximum Gasteiger partial charge on any atom is 0.433 e. The van der Waals surface area contributed by atoms with Crippen molar-refractivity contribution in [2.75, 3.05) is 0 Å². The monoisotopic (exact) mass is 353 g/mol. The van der Waals surface area contributed by atoms with Gasteiger partial charge in [-0.15, -0.1) is 0 Å². The minimum Gasteiger partial charge on any atom is -0.419 e. The zero-order chi connectivity index (χ0) is 15.6. The summed E-state index contributed by atoms with van der Waals surface area (Å²) < 4.78 is 10.2. The standard InChI is InChI=1S/C13H8BrNO6/c1-7(16)8-2-3-10(9(14)6-8)21-13(17)11-4-5-12(20-11)15(18)19/h2-6H,1H3. The fourth-order valence-electron chi connectivity index (χ4n) is 1.49. The Kier molecular flexibility index (Phi) is 4.18. The largest absolute Gasteiger partial charge is 0.433 e. The van der Waals surface area contributed by atoms with Gasteiger partial charge in [-0.1, -0.05) is 0 Å². The molecule has 0 fully saturated rings. The van der Waals surface area contributed by atoms with E-state index in [0.29, 0.717) is 10.0 Å². The van der Waals surface area contributed by atoms with Crippen molar-refractivity contribution in [3.8, 4) is 5.75 Å². The van der Waals surface area contributed by atoms with E-state index in [0.717, 1.165) is 12.1 Å². The third-order valence-corrected chi connectivity index (χ3v) is 3.13. The van der Waals surface area contributed by atoms with Crippen LogP contribution in [0, 0.1) is 10.1 Å². The summed E-state index contributed by atoms with van der Waals surface area (Å²) >= 11 is 3.18. The van der Waals surface area contributed by atoms with Gasteiger partial charge in [-0.3, -0.25) is 14.9 Å². The van der Waals surface area contributed by atoms with Crippen LogP contribution in [0.5, 0.6) is 5.75 Å². The summed E-state index contributed by atoms with van der Waals surface area (Å²) in [6, 6.07) is 6.66. The Hall–Kier alpha value is -2.48. The van der Waals surface area contributed by atoms with Gasteiger partial charge in [-0.05, 0) is 47.1 Å². The van der Waals surface area contributed by atoms with E-state index in [-0.39, 0.29) is 17.3 Å². The van der Waals surface area contributed by atoms with Gasteiger partial charge in [0.15, 0.2) is 5.78 Å². The smallest absolute Gasteiger partial charge is 0.419 e. The maximum absolute atomic E-state index is 11.8. The molecule has 0 N–H and O–H groups in total. The van der Waals surface area contributed by atoms with Gasteiger partial charge >= 0.3 is 11.9 Å². The number of ether oxygens (including phenoxy) is 1. The summed E-state index contributed by atoms with van der Waals surface area (Å²) in [5, 5.41) is 10.5. The Morgan fingerprint density at radius 3 is 2.52 bits per heavy atom. The fourth-order valence-corrected chi connectivity index (χ4v) is 1.95. The lowest BCUT2D eigenvalue weighted by Crippen LogP contribution is -2.08. The number of hydrogen-bond donors (Lipinski definition) is 0. The van der Waals surface area contributed by atoms with E-state index in [1.807, 2.05) is 0 Å². The molecule has 0 aliphatic heterocycles. The lowest BCUT2D eigenvalue weighted by atomic mass is 10.1. The lowest BCUT2D eigenvalue weighted by Gasteiger charge is -2.05. The third-order valence-electron chi connectivity index (χ3n) is 2.51. The van der Waals surface area contributed by atoms with Crippen molar-refractivity contribution in [1.82, 2.24) is 0 Å². The average Bonchev–Trinajstić information content (AvgIpc) is 2.90. The van der Waals surface area contributed by atoms with E-state index in [2.05, 4.69) is 15.9 Å². The number of carbonyl (C=O) groups excluding carboxylic acids is 2. The third kappa shape index (κ3) is 3.34. The van der Waals surface area contributed by atoms with E-state index in [1.54, 1.807) is 0 Å². The molecule has 1 heterocycles. The molecule has 2 rings (SSSR count). The first-order chi connectivity index (χ1) is 9.88. The van der Waals surface area contributed by atoms with E-state index < -0.39 is 16.8 Å². The van der Waals surface area contributed by atoms with Gasteiger partial charge < -0.3 is 9.15 Å². The molecule has 7 nitrogen and oxygen atoms in total. The summed E-state index contributed by atoms with van der Waals surface area (Å²) in [5.41, 5.74) is 0.454. The number of benzene rings is 1. The van der Waals surface area contributed by atoms with Crippen molar-refractivity contribution in [1.29, 1.82) is 0 Å². The predicted molar refractivity (Wildman–Crippen MR) is 74.5 cm³/mol. The SMILES string of the molecule is CC(=O)c1ccc(OC(=O)c2ccc([N+](=O)[O-])o2)c(Br)c1. The molecule has 1 aromatic heterocycles. The van der Waals surface area contributed by atoms with E-state index in [1.165, 1.54) is 25.1 Å². The number of nitrogens with zero attached hydrogens (tertiary/aromatic N) is 1. The number of esters is 1. The molecule has 0 aliphatic rings. The number of rotatable bonds is 4. The second-order valence-electron chi connectivity index (χ2n) is 3.99. The van der Waals surface area contributed by atoms with Crippen LogP contribution >= 0.6 is 15.9 Å². The molecule has 8 heteroatoms. The molecule has 0 saturated carbocycles. The first kappa shape index (κ1) is 14.9. The molecule has 0 atom stereocenters. The van der Waals surface area contributed by atoms with Gasteiger partial charge in [0.1, 0.15) is 10.7 Å². The normalized spacial score (nSPS) is 10.2. The lowest BCUT2D eigenvalue weighted by molar-refractivity contribution is -0.402. The van der Waals surface area contributed by atoms with E-state index in [4.69, 9.17) is 9.15 Å². The van der Waals surface area contributed by atoms with Gasteiger partial charge in [0.2, 0.25) is 5.76 Å². The highest BCUT2D eigenvalue weighted by Gasteiger charge is 2.20. The number of halogens is 1. The first-order valence-corrected chi connectivity index (χ1v) is 6.44. The van der Waals surface area contributed by atoms with Crippen LogP contribution in [0.2, 0.25) is 0 Å². The summed E-state index contributed by atoms with van der Waals surface area (Å²) in [6.45, 7) is 1.41. The Labute approximate surface area is 126 Å². The first-order valence-electron chi connectivity index (χ1n) is 5.65.